The third-order valence-electron chi connectivity index (χ3n) is 2.43. The first-order valence-corrected chi connectivity index (χ1v) is 6.88. The highest BCUT2D eigenvalue weighted by molar-refractivity contribution is 9.10. The van der Waals surface area contributed by atoms with Crippen molar-refractivity contribution >= 4 is 43.5 Å². The number of hydrogen-bond acceptors (Lipinski definition) is 1. The number of hydrogen-bond donors (Lipinski definition) is 1. The summed E-state index contributed by atoms with van der Waals surface area (Å²) in [7, 11) is 0. The van der Waals surface area contributed by atoms with E-state index in [-0.39, 0.29) is 20.2 Å². The predicted molar refractivity (Wildman–Crippen MR) is 76.1 cm³/mol. The number of carbonyl (C=O) groups excluding carboxylic acids is 1. The van der Waals surface area contributed by atoms with Crippen molar-refractivity contribution in [1.82, 2.24) is 0 Å². The molecule has 0 aliphatic rings. The lowest BCUT2D eigenvalue weighted by molar-refractivity contribution is 0.102. The summed E-state index contributed by atoms with van der Waals surface area (Å²) in [5.41, 5.74) is -0.193. The van der Waals surface area contributed by atoms with Crippen molar-refractivity contribution in [3.63, 3.8) is 0 Å². The maximum atomic E-state index is 13.6. The Kier molecular flexibility index (Phi) is 4.49. The molecule has 0 unspecified atom stereocenters. The molecule has 0 fully saturated rings. The molecule has 0 saturated carbocycles. The molecule has 1 N–H and O–H groups in total. The van der Waals surface area contributed by atoms with Crippen molar-refractivity contribution in [2.75, 3.05) is 5.32 Å². The summed E-state index contributed by atoms with van der Waals surface area (Å²) in [6, 6.07) is 5.40. The molecule has 0 heterocycles. The van der Waals surface area contributed by atoms with Crippen molar-refractivity contribution in [2.24, 2.45) is 0 Å². The van der Waals surface area contributed by atoms with Crippen molar-refractivity contribution in [3.05, 3.63) is 62.3 Å². The SMILES string of the molecule is O=C(Nc1c(F)cc(F)cc1Br)c1ccc(Br)c(F)c1. The number of nitrogens with one attached hydrogen (secondary N) is 1. The first-order chi connectivity index (χ1) is 9.38. The van der Waals surface area contributed by atoms with Crippen molar-refractivity contribution in [3.8, 4) is 0 Å². The van der Waals surface area contributed by atoms with Crippen LogP contribution in [0.2, 0.25) is 0 Å². The molecule has 0 aromatic heterocycles. The Balaban J connectivity index is 2.30. The Bertz CT molecular complexity index is 668. The Morgan fingerprint density at radius 3 is 2.25 bits per heavy atom. The maximum Gasteiger partial charge on any atom is 0.255 e. The molecular weight excluding hydrogens is 403 g/mol. The summed E-state index contributed by atoms with van der Waals surface area (Å²) >= 11 is 5.91. The van der Waals surface area contributed by atoms with E-state index < -0.39 is 23.4 Å². The minimum Gasteiger partial charge on any atom is -0.319 e. The zero-order valence-electron chi connectivity index (χ0n) is 9.68. The second kappa shape index (κ2) is 5.97. The van der Waals surface area contributed by atoms with Crippen molar-refractivity contribution in [1.29, 1.82) is 0 Å². The highest BCUT2D eigenvalue weighted by Gasteiger charge is 2.15. The van der Waals surface area contributed by atoms with Crippen LogP contribution >= 0.6 is 31.9 Å². The van der Waals surface area contributed by atoms with Crippen molar-refractivity contribution in [2.45, 2.75) is 0 Å². The molecule has 0 aliphatic carbocycles. The molecule has 2 rings (SSSR count). The van der Waals surface area contributed by atoms with Gasteiger partial charge in [0.1, 0.15) is 11.6 Å². The zero-order valence-corrected chi connectivity index (χ0v) is 12.9. The van der Waals surface area contributed by atoms with Gasteiger partial charge in [-0.1, -0.05) is 0 Å². The van der Waals surface area contributed by atoms with Gasteiger partial charge < -0.3 is 5.32 Å². The maximum absolute atomic E-state index is 13.6. The Morgan fingerprint density at radius 1 is 0.950 bits per heavy atom. The van der Waals surface area contributed by atoms with Crippen LogP contribution in [0.15, 0.2) is 39.3 Å². The second-order valence-electron chi connectivity index (χ2n) is 3.83. The molecule has 2 aromatic rings. The molecule has 1 amide bonds. The van der Waals surface area contributed by atoms with Gasteiger partial charge in [-0.3, -0.25) is 4.79 Å². The Hall–Kier alpha value is -1.34. The van der Waals surface area contributed by atoms with Gasteiger partial charge in [-0.2, -0.15) is 0 Å². The van der Waals surface area contributed by atoms with E-state index in [9.17, 15) is 18.0 Å². The highest BCUT2D eigenvalue weighted by atomic mass is 79.9. The topological polar surface area (TPSA) is 29.1 Å². The number of anilines is 1. The van der Waals surface area contributed by atoms with E-state index in [0.29, 0.717) is 6.07 Å². The van der Waals surface area contributed by atoms with Gasteiger partial charge in [0.25, 0.3) is 5.91 Å². The van der Waals surface area contributed by atoms with E-state index in [4.69, 9.17) is 0 Å². The van der Waals surface area contributed by atoms with E-state index in [1.807, 2.05) is 0 Å². The molecule has 2 aromatic carbocycles. The van der Waals surface area contributed by atoms with Gasteiger partial charge >= 0.3 is 0 Å². The van der Waals surface area contributed by atoms with E-state index in [2.05, 4.69) is 37.2 Å². The molecule has 0 radical (unpaired) electrons. The lowest BCUT2D eigenvalue weighted by Crippen LogP contribution is -2.14. The Morgan fingerprint density at radius 2 is 1.65 bits per heavy atom. The third kappa shape index (κ3) is 3.21. The quantitative estimate of drug-likeness (QED) is 0.753. The number of amides is 1. The van der Waals surface area contributed by atoms with Crippen LogP contribution in [-0.4, -0.2) is 5.91 Å². The molecular formula is C13H6Br2F3NO. The van der Waals surface area contributed by atoms with Crippen LogP contribution in [0.25, 0.3) is 0 Å². The molecule has 0 atom stereocenters. The molecule has 104 valence electrons. The summed E-state index contributed by atoms with van der Waals surface area (Å²) < 4.78 is 40.1. The van der Waals surface area contributed by atoms with Gasteiger partial charge in [-0.05, 0) is 56.1 Å². The third-order valence-corrected chi connectivity index (χ3v) is 3.70. The highest BCUT2D eigenvalue weighted by Crippen LogP contribution is 2.27. The zero-order chi connectivity index (χ0) is 14.9. The van der Waals surface area contributed by atoms with Gasteiger partial charge in [-0.15, -0.1) is 0 Å². The summed E-state index contributed by atoms with van der Waals surface area (Å²) in [5, 5.41) is 2.26. The molecule has 0 saturated heterocycles. The molecule has 2 nitrogen and oxygen atoms in total. The number of carbonyl (C=O) groups is 1. The van der Waals surface area contributed by atoms with E-state index in [1.165, 1.54) is 12.1 Å². The number of halogens is 5. The van der Waals surface area contributed by atoms with Crippen LogP contribution in [0.5, 0.6) is 0 Å². The van der Waals surface area contributed by atoms with Crippen molar-refractivity contribution < 1.29 is 18.0 Å². The molecule has 0 aliphatic heterocycles. The van der Waals surface area contributed by atoms with Crippen LogP contribution in [0.1, 0.15) is 10.4 Å². The summed E-state index contributed by atoms with van der Waals surface area (Å²) in [6.45, 7) is 0. The summed E-state index contributed by atoms with van der Waals surface area (Å²) in [5.74, 6) is -3.02. The molecule has 0 spiro atoms. The van der Waals surface area contributed by atoms with Crippen LogP contribution in [0, 0.1) is 17.5 Å². The predicted octanol–water partition coefficient (Wildman–Crippen LogP) is 4.88. The summed E-state index contributed by atoms with van der Waals surface area (Å²) in [4.78, 5) is 11.9. The standard InChI is InChI=1S/C13H6Br2F3NO/c14-8-2-1-6(3-10(8)17)13(20)19-12-9(15)4-7(16)5-11(12)18/h1-5H,(H,19,20). The second-order valence-corrected chi connectivity index (χ2v) is 5.54. The normalized spacial score (nSPS) is 10.4. The lowest BCUT2D eigenvalue weighted by atomic mass is 10.2. The average molecular weight is 409 g/mol. The largest absolute Gasteiger partial charge is 0.319 e. The Labute approximate surface area is 129 Å². The van der Waals surface area contributed by atoms with Gasteiger partial charge in [0.15, 0.2) is 5.82 Å². The van der Waals surface area contributed by atoms with Gasteiger partial charge in [0.2, 0.25) is 0 Å². The fourth-order valence-electron chi connectivity index (χ4n) is 1.48. The average Bonchev–Trinajstić information content (AvgIpc) is 2.36. The fourth-order valence-corrected chi connectivity index (χ4v) is 2.24. The minimum atomic E-state index is -0.928. The fraction of sp³-hybridized carbons (Fsp3) is 0. The van der Waals surface area contributed by atoms with E-state index in [0.717, 1.165) is 12.1 Å². The number of rotatable bonds is 2. The smallest absolute Gasteiger partial charge is 0.255 e. The van der Waals surface area contributed by atoms with E-state index in [1.54, 1.807) is 0 Å². The molecule has 0 bridgehead atoms. The first kappa shape index (κ1) is 15.1. The summed E-state index contributed by atoms with van der Waals surface area (Å²) in [6.07, 6.45) is 0. The van der Waals surface area contributed by atoms with Crippen LogP contribution in [-0.2, 0) is 0 Å². The molecule has 7 heteroatoms. The minimum absolute atomic E-state index is 0.0151. The van der Waals surface area contributed by atoms with Crippen LogP contribution in [0.4, 0.5) is 18.9 Å². The number of benzene rings is 2. The van der Waals surface area contributed by atoms with Gasteiger partial charge in [-0.25, -0.2) is 13.2 Å². The monoisotopic (exact) mass is 407 g/mol. The van der Waals surface area contributed by atoms with Gasteiger partial charge in [0, 0.05) is 16.1 Å². The van der Waals surface area contributed by atoms with Crippen LogP contribution < -0.4 is 5.32 Å². The van der Waals surface area contributed by atoms with E-state index >= 15 is 0 Å². The van der Waals surface area contributed by atoms with Gasteiger partial charge in [0.05, 0.1) is 10.2 Å². The van der Waals surface area contributed by atoms with Crippen LogP contribution in [0.3, 0.4) is 0 Å². The lowest BCUT2D eigenvalue weighted by Gasteiger charge is -2.09. The molecule has 20 heavy (non-hydrogen) atoms. The first-order valence-electron chi connectivity index (χ1n) is 5.29.